The van der Waals surface area contributed by atoms with E-state index in [1.807, 2.05) is 0 Å². The lowest BCUT2D eigenvalue weighted by Crippen LogP contribution is -2.32. The molecule has 0 spiro atoms. The zero-order chi connectivity index (χ0) is 25.1. The highest BCUT2D eigenvalue weighted by Crippen LogP contribution is 2.47. The minimum Gasteiger partial charge on any atom is -0.337 e. The summed E-state index contributed by atoms with van der Waals surface area (Å²) in [5.41, 5.74) is 10.6. The van der Waals surface area contributed by atoms with Crippen molar-refractivity contribution in [3.05, 3.63) is 150 Å². The molecule has 2 nitrogen and oxygen atoms in total. The zero-order valence-electron chi connectivity index (χ0n) is 21.2. The maximum atomic E-state index is 2.57. The van der Waals surface area contributed by atoms with Gasteiger partial charge in [-0.25, -0.2) is 0 Å². The molecular formula is C36H28N2. The number of anilines is 1. The lowest BCUT2D eigenvalue weighted by Gasteiger charge is -2.32. The van der Waals surface area contributed by atoms with Crippen LogP contribution in [0.4, 0.5) is 5.69 Å². The van der Waals surface area contributed by atoms with E-state index in [9.17, 15) is 0 Å². The van der Waals surface area contributed by atoms with Gasteiger partial charge in [-0.1, -0.05) is 97.1 Å². The normalized spacial score (nSPS) is 19.9. The van der Waals surface area contributed by atoms with Gasteiger partial charge in [-0.05, 0) is 65.9 Å². The molecule has 182 valence electrons. The van der Waals surface area contributed by atoms with Gasteiger partial charge < -0.3 is 9.47 Å². The number of rotatable bonds is 3. The van der Waals surface area contributed by atoms with Gasteiger partial charge in [0.25, 0.3) is 0 Å². The lowest BCUT2D eigenvalue weighted by molar-refractivity contribution is 0.703. The van der Waals surface area contributed by atoms with E-state index in [0.29, 0.717) is 12.0 Å². The molecule has 0 amide bonds. The second-order valence-corrected chi connectivity index (χ2v) is 10.5. The molecule has 0 fully saturated rings. The Hall–Kier alpha value is -4.56. The predicted octanol–water partition coefficient (Wildman–Crippen LogP) is 8.94. The van der Waals surface area contributed by atoms with Gasteiger partial charge >= 0.3 is 0 Å². The van der Waals surface area contributed by atoms with Crippen molar-refractivity contribution in [3.8, 4) is 5.69 Å². The van der Waals surface area contributed by atoms with Crippen LogP contribution in [0.5, 0.6) is 0 Å². The summed E-state index contributed by atoms with van der Waals surface area (Å²) in [6.07, 6.45) is 15.9. The number of fused-ring (bicyclic) bond motifs is 6. The van der Waals surface area contributed by atoms with Crippen molar-refractivity contribution in [2.24, 2.45) is 0 Å². The van der Waals surface area contributed by atoms with E-state index in [0.717, 1.165) is 12.8 Å². The van der Waals surface area contributed by atoms with Crippen LogP contribution in [0.2, 0.25) is 0 Å². The summed E-state index contributed by atoms with van der Waals surface area (Å²) in [6.45, 7) is 0. The summed E-state index contributed by atoms with van der Waals surface area (Å²) >= 11 is 0. The van der Waals surface area contributed by atoms with Crippen molar-refractivity contribution in [2.75, 3.05) is 4.90 Å². The number of para-hydroxylation sites is 3. The topological polar surface area (TPSA) is 8.17 Å². The van der Waals surface area contributed by atoms with Crippen molar-refractivity contribution in [2.45, 2.75) is 24.8 Å². The number of hydrogen-bond acceptors (Lipinski definition) is 1. The Bertz CT molecular complexity index is 1770. The highest BCUT2D eigenvalue weighted by atomic mass is 15.2. The number of aromatic nitrogens is 1. The molecule has 8 rings (SSSR count). The fraction of sp³-hybridized carbons (Fsp3) is 0.111. The van der Waals surface area contributed by atoms with Crippen LogP contribution in [0, 0.1) is 0 Å². The molecule has 0 saturated carbocycles. The number of benzene rings is 4. The first-order valence-corrected chi connectivity index (χ1v) is 13.6. The highest BCUT2D eigenvalue weighted by Gasteiger charge is 2.37. The Balaban J connectivity index is 1.13. The Morgan fingerprint density at radius 2 is 1.29 bits per heavy atom. The molecule has 2 heteroatoms. The molecule has 4 aromatic carbocycles. The maximum Gasteiger partial charge on any atom is 0.0626 e. The Morgan fingerprint density at radius 1 is 0.605 bits per heavy atom. The number of allylic oxidation sites excluding steroid dienone is 6. The van der Waals surface area contributed by atoms with Gasteiger partial charge in [0.05, 0.1) is 17.1 Å². The van der Waals surface area contributed by atoms with Crippen molar-refractivity contribution >= 4 is 33.1 Å². The molecule has 2 heterocycles. The molecule has 0 saturated heterocycles. The van der Waals surface area contributed by atoms with Crippen LogP contribution in [0.25, 0.3) is 33.1 Å². The Morgan fingerprint density at radius 3 is 2.03 bits per heavy atom. The van der Waals surface area contributed by atoms with E-state index < -0.39 is 0 Å². The highest BCUT2D eigenvalue weighted by molar-refractivity contribution is 6.09. The van der Waals surface area contributed by atoms with E-state index in [1.54, 1.807) is 0 Å². The molecule has 2 unspecified atom stereocenters. The quantitative estimate of drug-likeness (QED) is 0.246. The Labute approximate surface area is 223 Å². The third-order valence-corrected chi connectivity index (χ3v) is 8.47. The number of nitrogens with zero attached hydrogens (tertiary/aromatic N) is 2. The van der Waals surface area contributed by atoms with Gasteiger partial charge in [0.1, 0.15) is 0 Å². The number of hydrogen-bond donors (Lipinski definition) is 0. The zero-order valence-corrected chi connectivity index (χ0v) is 21.2. The predicted molar refractivity (Wildman–Crippen MR) is 160 cm³/mol. The summed E-state index contributed by atoms with van der Waals surface area (Å²) in [7, 11) is 0. The summed E-state index contributed by atoms with van der Waals surface area (Å²) < 4.78 is 2.38. The van der Waals surface area contributed by atoms with Crippen molar-refractivity contribution in [1.29, 1.82) is 0 Å². The minimum atomic E-state index is 0.379. The van der Waals surface area contributed by atoms with Crippen molar-refractivity contribution in [3.63, 3.8) is 0 Å². The average molecular weight is 489 g/mol. The molecule has 2 atom stereocenters. The van der Waals surface area contributed by atoms with Crippen LogP contribution in [0.15, 0.2) is 139 Å². The summed E-state index contributed by atoms with van der Waals surface area (Å²) in [4.78, 5) is 2.57. The lowest BCUT2D eigenvalue weighted by atomic mass is 9.91. The molecule has 1 aliphatic heterocycles. The molecule has 0 N–H and O–H groups in total. The molecular weight excluding hydrogens is 460 g/mol. The fourth-order valence-electron chi connectivity index (χ4n) is 6.72. The largest absolute Gasteiger partial charge is 0.337 e. The maximum absolute atomic E-state index is 2.57. The van der Waals surface area contributed by atoms with Gasteiger partial charge in [-0.2, -0.15) is 0 Å². The van der Waals surface area contributed by atoms with Gasteiger partial charge in [0, 0.05) is 33.8 Å². The molecule has 0 bridgehead atoms. The van der Waals surface area contributed by atoms with Crippen molar-refractivity contribution < 1.29 is 0 Å². The molecule has 2 aliphatic carbocycles. The third kappa shape index (κ3) is 3.20. The molecule has 3 aliphatic rings. The first kappa shape index (κ1) is 21.5. The van der Waals surface area contributed by atoms with Gasteiger partial charge in [-0.15, -0.1) is 0 Å². The van der Waals surface area contributed by atoms with E-state index in [2.05, 4.69) is 143 Å². The smallest absolute Gasteiger partial charge is 0.0626 e. The fourth-order valence-corrected chi connectivity index (χ4v) is 6.72. The van der Waals surface area contributed by atoms with Crippen LogP contribution < -0.4 is 4.90 Å². The Kier molecular flexibility index (Phi) is 4.81. The van der Waals surface area contributed by atoms with Gasteiger partial charge in [-0.3, -0.25) is 0 Å². The summed E-state index contributed by atoms with van der Waals surface area (Å²) in [5, 5.41) is 2.60. The second kappa shape index (κ2) is 8.49. The van der Waals surface area contributed by atoms with Crippen LogP contribution in [0.1, 0.15) is 29.9 Å². The third-order valence-electron chi connectivity index (χ3n) is 8.47. The molecule has 1 aromatic heterocycles. The van der Waals surface area contributed by atoms with E-state index in [1.165, 1.54) is 55.6 Å². The molecule has 0 radical (unpaired) electrons. The van der Waals surface area contributed by atoms with Crippen LogP contribution >= 0.6 is 0 Å². The van der Waals surface area contributed by atoms with Crippen LogP contribution in [-0.4, -0.2) is 10.6 Å². The second-order valence-electron chi connectivity index (χ2n) is 10.5. The van der Waals surface area contributed by atoms with Crippen molar-refractivity contribution in [1.82, 2.24) is 4.57 Å². The molecule has 5 aromatic rings. The molecule has 38 heavy (non-hydrogen) atoms. The van der Waals surface area contributed by atoms with E-state index in [-0.39, 0.29) is 0 Å². The van der Waals surface area contributed by atoms with Crippen LogP contribution in [0.3, 0.4) is 0 Å². The first-order chi connectivity index (χ1) is 18.9. The summed E-state index contributed by atoms with van der Waals surface area (Å²) in [6, 6.07) is 35.8. The van der Waals surface area contributed by atoms with Gasteiger partial charge in [0.2, 0.25) is 0 Å². The SMILES string of the molecule is C1=CC2c3ccccc3N(C3=CC=C(c4ccc(-n5c6ccccc6c6ccccc65)cc4)CC3)C2C=C1. The standard InChI is InChI=1S/C36H28N2/c1-5-13-33-29(9-1)30-10-2-6-14-34(30)37(33)27-21-17-25(18-22-27)26-19-23-28(24-20-26)38-35-15-7-3-11-31(35)32-12-4-8-16-36(32)38/h1-19,21-23,31,35H,20,24H2. The van der Waals surface area contributed by atoms with Gasteiger partial charge in [0.15, 0.2) is 0 Å². The van der Waals surface area contributed by atoms with E-state index in [4.69, 9.17) is 0 Å². The average Bonchev–Trinajstić information content (AvgIpc) is 3.51. The first-order valence-electron chi connectivity index (χ1n) is 13.6. The van der Waals surface area contributed by atoms with Crippen LogP contribution in [-0.2, 0) is 0 Å². The van der Waals surface area contributed by atoms with E-state index >= 15 is 0 Å². The summed E-state index contributed by atoms with van der Waals surface area (Å²) in [5.74, 6) is 0.441. The minimum absolute atomic E-state index is 0.379. The monoisotopic (exact) mass is 488 g/mol.